The molecule has 0 atom stereocenters. The molecule has 1 aliphatic rings. The Labute approximate surface area is 166 Å². The van der Waals surface area contributed by atoms with E-state index in [0.717, 1.165) is 5.69 Å². The number of nitriles is 1. The molecule has 1 aromatic carbocycles. The number of hydrogen-bond donors (Lipinski definition) is 0. The van der Waals surface area contributed by atoms with Crippen molar-refractivity contribution in [3.8, 4) is 11.8 Å². The number of carbonyl (C=O) groups excluding carboxylic acids is 2. The van der Waals surface area contributed by atoms with Crippen LogP contribution in [0.15, 0.2) is 48.7 Å². The molecule has 29 heavy (non-hydrogen) atoms. The first-order valence-electron chi connectivity index (χ1n) is 9.07. The second-order valence-corrected chi connectivity index (χ2v) is 6.51. The summed E-state index contributed by atoms with van der Waals surface area (Å²) in [5.41, 5.74) is 1.97. The van der Waals surface area contributed by atoms with Crippen LogP contribution in [-0.2, 0) is 0 Å². The molecule has 144 valence electrons. The van der Waals surface area contributed by atoms with Gasteiger partial charge in [-0.3, -0.25) is 9.59 Å². The fourth-order valence-electron chi connectivity index (χ4n) is 3.15. The summed E-state index contributed by atoms with van der Waals surface area (Å²) in [5, 5.41) is 20.3. The van der Waals surface area contributed by atoms with E-state index >= 15 is 0 Å². The normalized spacial score (nSPS) is 13.4. The molecule has 2 amide bonds. The number of nitrogens with zero attached hydrogens (tertiary/aromatic N) is 7. The molecule has 9 heteroatoms. The predicted molar refractivity (Wildman–Crippen MR) is 102 cm³/mol. The summed E-state index contributed by atoms with van der Waals surface area (Å²) in [6, 6.07) is 14.2. The number of benzene rings is 1. The minimum absolute atomic E-state index is 0.200. The first-order valence-corrected chi connectivity index (χ1v) is 9.07. The van der Waals surface area contributed by atoms with E-state index in [2.05, 4.69) is 15.2 Å². The highest BCUT2D eigenvalue weighted by Crippen LogP contribution is 2.19. The summed E-state index contributed by atoms with van der Waals surface area (Å²) in [7, 11) is 0. The molecule has 1 saturated heterocycles. The van der Waals surface area contributed by atoms with Gasteiger partial charge in [0.05, 0.1) is 16.9 Å². The van der Waals surface area contributed by atoms with Gasteiger partial charge in [-0.25, -0.2) is 15.0 Å². The second-order valence-electron chi connectivity index (χ2n) is 6.51. The zero-order valence-corrected chi connectivity index (χ0v) is 15.7. The first-order chi connectivity index (χ1) is 14.1. The summed E-state index contributed by atoms with van der Waals surface area (Å²) < 4.78 is 0. The third-order valence-corrected chi connectivity index (χ3v) is 4.60. The largest absolute Gasteiger partial charge is 0.294 e. The van der Waals surface area contributed by atoms with Crippen molar-refractivity contribution in [1.29, 1.82) is 5.26 Å². The van der Waals surface area contributed by atoms with Gasteiger partial charge in [0.15, 0.2) is 5.69 Å². The number of aromatic nitrogens is 4. The van der Waals surface area contributed by atoms with Crippen LogP contribution in [0.5, 0.6) is 0 Å². The van der Waals surface area contributed by atoms with E-state index in [9.17, 15) is 9.59 Å². The average Bonchev–Trinajstić information content (AvgIpc) is 3.40. The molecule has 0 saturated carbocycles. The minimum atomic E-state index is -0.378. The molecular weight excluding hydrogens is 370 g/mol. The summed E-state index contributed by atoms with van der Waals surface area (Å²) in [6.45, 7) is 2.54. The van der Waals surface area contributed by atoms with Crippen molar-refractivity contribution in [1.82, 2.24) is 30.0 Å². The van der Waals surface area contributed by atoms with Crippen molar-refractivity contribution < 1.29 is 9.59 Å². The first kappa shape index (κ1) is 18.3. The average molecular weight is 387 g/mol. The molecule has 3 heterocycles. The van der Waals surface area contributed by atoms with E-state index in [4.69, 9.17) is 5.26 Å². The van der Waals surface area contributed by atoms with E-state index in [1.807, 2.05) is 36.4 Å². The van der Waals surface area contributed by atoms with Crippen molar-refractivity contribution in [2.75, 3.05) is 13.1 Å². The van der Waals surface area contributed by atoms with Gasteiger partial charge in [-0.15, -0.1) is 5.10 Å². The molecule has 0 spiro atoms. The van der Waals surface area contributed by atoms with Crippen LogP contribution in [0.25, 0.3) is 5.69 Å². The van der Waals surface area contributed by atoms with E-state index in [-0.39, 0.29) is 23.2 Å². The summed E-state index contributed by atoms with van der Waals surface area (Å²) >= 11 is 0. The molecule has 1 aliphatic heterocycles. The molecule has 0 unspecified atom stereocenters. The molecule has 2 aromatic heterocycles. The fraction of sp³-hybridized carbons (Fsp3) is 0.200. The maximum atomic E-state index is 13.1. The lowest BCUT2D eigenvalue weighted by Crippen LogP contribution is -2.45. The topological polar surface area (TPSA) is 108 Å². The Balaban J connectivity index is 1.59. The standard InChI is InChI=1S/C20H17N7O2/c1-14-18(24-27(23-14)17-6-3-2-4-7-17)20(29)26-11-5-10-25(26)19(28)15-8-9-16(12-21)22-13-15/h2-4,6-9,13H,5,10-11H2,1H3. The summed E-state index contributed by atoms with van der Waals surface area (Å²) in [4.78, 5) is 31.3. The maximum absolute atomic E-state index is 13.1. The SMILES string of the molecule is Cc1nn(-c2ccccc2)nc1C(=O)N1CCCN1C(=O)c1ccc(C#N)nc1. The highest BCUT2D eigenvalue weighted by molar-refractivity contribution is 5.98. The van der Waals surface area contributed by atoms with Gasteiger partial charge in [0.25, 0.3) is 11.8 Å². The second kappa shape index (κ2) is 7.52. The van der Waals surface area contributed by atoms with Gasteiger partial charge < -0.3 is 0 Å². The third-order valence-electron chi connectivity index (χ3n) is 4.60. The zero-order chi connectivity index (χ0) is 20.4. The number of rotatable bonds is 3. The number of hydrogen-bond acceptors (Lipinski definition) is 6. The van der Waals surface area contributed by atoms with Crippen molar-refractivity contribution in [3.63, 3.8) is 0 Å². The van der Waals surface area contributed by atoms with Gasteiger partial charge in [-0.1, -0.05) is 18.2 Å². The molecule has 4 rings (SSSR count). The highest BCUT2D eigenvalue weighted by atomic mass is 16.2. The van der Waals surface area contributed by atoms with Gasteiger partial charge in [-0.05, 0) is 37.6 Å². The lowest BCUT2D eigenvalue weighted by atomic mass is 10.2. The summed E-state index contributed by atoms with van der Waals surface area (Å²) in [5.74, 6) is -0.724. The molecule has 0 aliphatic carbocycles. The van der Waals surface area contributed by atoms with Crippen LogP contribution in [0, 0.1) is 18.3 Å². The van der Waals surface area contributed by atoms with E-state index in [0.29, 0.717) is 30.8 Å². The Morgan fingerprint density at radius 2 is 1.72 bits per heavy atom. The number of para-hydroxylation sites is 1. The van der Waals surface area contributed by atoms with Gasteiger partial charge in [0.1, 0.15) is 11.8 Å². The molecule has 3 aromatic rings. The Hall–Kier alpha value is -4.06. The lowest BCUT2D eigenvalue weighted by molar-refractivity contribution is 0.0181. The van der Waals surface area contributed by atoms with Crippen molar-refractivity contribution in [2.24, 2.45) is 0 Å². The number of amides is 2. The molecule has 1 fully saturated rings. The van der Waals surface area contributed by atoms with Crippen molar-refractivity contribution in [3.05, 3.63) is 71.3 Å². The predicted octanol–water partition coefficient (Wildman–Crippen LogP) is 1.75. The Bertz CT molecular complexity index is 1100. The lowest BCUT2D eigenvalue weighted by Gasteiger charge is -2.27. The highest BCUT2D eigenvalue weighted by Gasteiger charge is 2.34. The zero-order valence-electron chi connectivity index (χ0n) is 15.7. The monoisotopic (exact) mass is 387 g/mol. The number of aryl methyl sites for hydroxylation is 1. The molecular formula is C20H17N7O2. The van der Waals surface area contributed by atoms with Crippen LogP contribution < -0.4 is 0 Å². The van der Waals surface area contributed by atoms with Crippen LogP contribution in [0.3, 0.4) is 0 Å². The van der Waals surface area contributed by atoms with Crippen molar-refractivity contribution in [2.45, 2.75) is 13.3 Å². The number of hydrazine groups is 1. The Morgan fingerprint density at radius 1 is 1.00 bits per heavy atom. The van der Waals surface area contributed by atoms with Gasteiger partial charge in [0.2, 0.25) is 0 Å². The van der Waals surface area contributed by atoms with E-state index in [1.165, 1.54) is 33.1 Å². The van der Waals surface area contributed by atoms with Crippen molar-refractivity contribution >= 4 is 11.8 Å². The van der Waals surface area contributed by atoms with Crippen LogP contribution >= 0.6 is 0 Å². The molecule has 9 nitrogen and oxygen atoms in total. The maximum Gasteiger partial charge on any atom is 0.294 e. The smallest absolute Gasteiger partial charge is 0.267 e. The van der Waals surface area contributed by atoms with E-state index < -0.39 is 0 Å². The Morgan fingerprint density at radius 3 is 2.38 bits per heavy atom. The van der Waals surface area contributed by atoms with Crippen LogP contribution in [0.1, 0.15) is 38.7 Å². The third kappa shape index (κ3) is 3.43. The van der Waals surface area contributed by atoms with Crippen LogP contribution in [0.2, 0.25) is 0 Å². The Kier molecular flexibility index (Phi) is 4.75. The number of pyridine rings is 1. The quantitative estimate of drug-likeness (QED) is 0.677. The molecule has 0 N–H and O–H groups in total. The van der Waals surface area contributed by atoms with E-state index in [1.54, 1.807) is 6.92 Å². The van der Waals surface area contributed by atoms with Gasteiger partial charge in [0, 0.05) is 19.3 Å². The summed E-state index contributed by atoms with van der Waals surface area (Å²) in [6.07, 6.45) is 2.01. The fourth-order valence-corrected chi connectivity index (χ4v) is 3.15. The van der Waals surface area contributed by atoms with Crippen LogP contribution in [-0.4, -0.2) is 54.9 Å². The molecule has 0 radical (unpaired) electrons. The molecule has 0 bridgehead atoms. The number of carbonyl (C=O) groups is 2. The van der Waals surface area contributed by atoms with Gasteiger partial charge >= 0.3 is 0 Å². The van der Waals surface area contributed by atoms with Gasteiger partial charge in [-0.2, -0.15) is 15.2 Å². The minimum Gasteiger partial charge on any atom is -0.267 e. The van der Waals surface area contributed by atoms with Crippen LogP contribution in [0.4, 0.5) is 0 Å².